The highest BCUT2D eigenvalue weighted by Gasteiger charge is 2.33. The first-order valence-corrected chi connectivity index (χ1v) is 9.60. The Hall–Kier alpha value is -2.24. The monoisotopic (exact) mass is 365 g/mol. The van der Waals surface area contributed by atoms with Crippen molar-refractivity contribution in [2.45, 2.75) is 31.3 Å². The molecule has 2 heterocycles. The number of hydrogen-bond donors (Lipinski definition) is 2. The fourth-order valence-electron chi connectivity index (χ4n) is 4.07. The molecule has 26 heavy (non-hydrogen) atoms. The van der Waals surface area contributed by atoms with E-state index in [1.165, 1.54) is 11.1 Å². The van der Waals surface area contributed by atoms with E-state index in [-0.39, 0.29) is 11.9 Å². The van der Waals surface area contributed by atoms with Gasteiger partial charge in [0.1, 0.15) is 0 Å². The molecule has 0 bridgehead atoms. The summed E-state index contributed by atoms with van der Waals surface area (Å²) in [5.41, 5.74) is 3.53. The smallest absolute Gasteiger partial charge is 0.257 e. The Labute approximate surface area is 159 Å². The number of piperidine rings is 1. The molecule has 0 spiro atoms. The van der Waals surface area contributed by atoms with Crippen molar-refractivity contribution in [3.63, 3.8) is 0 Å². The Morgan fingerprint density at radius 1 is 1.04 bits per heavy atom. The molecule has 0 saturated carbocycles. The summed E-state index contributed by atoms with van der Waals surface area (Å²) in [5, 5.41) is 6.58. The first-order chi connectivity index (χ1) is 12.7. The minimum Gasteiger partial charge on any atom is -0.360 e. The molecule has 2 atom stereocenters. The number of nitrogens with zero attached hydrogens (tertiary/aromatic N) is 1. The number of benzene rings is 2. The number of rotatable bonds is 2. The van der Waals surface area contributed by atoms with Crippen LogP contribution in [0.25, 0.3) is 0 Å². The molecule has 1 amide bonds. The molecule has 134 valence electrons. The zero-order valence-electron chi connectivity index (χ0n) is 14.7. The van der Waals surface area contributed by atoms with Crippen LogP contribution in [0.5, 0.6) is 0 Å². The number of carbonyl (C=O) groups excluding carboxylic acids is 1. The normalized spacial score (nSPS) is 22.0. The molecule has 2 N–H and O–H groups in total. The van der Waals surface area contributed by atoms with Crippen LogP contribution in [0.4, 0.5) is 0 Å². The molecule has 2 aromatic carbocycles. The zero-order valence-corrected chi connectivity index (χ0v) is 15.5. The van der Waals surface area contributed by atoms with Crippen LogP contribution in [-0.2, 0) is 6.42 Å². The molecule has 4 nitrogen and oxygen atoms in total. The molecule has 0 aromatic heterocycles. The Kier molecular flexibility index (Phi) is 5.00. The highest BCUT2D eigenvalue weighted by Crippen LogP contribution is 2.36. The Morgan fingerprint density at radius 2 is 1.81 bits per heavy atom. The lowest BCUT2D eigenvalue weighted by atomic mass is 9.85. The predicted octanol–water partition coefficient (Wildman–Crippen LogP) is 3.05. The van der Waals surface area contributed by atoms with E-state index in [0.717, 1.165) is 32.4 Å². The van der Waals surface area contributed by atoms with Crippen molar-refractivity contribution in [2.24, 2.45) is 0 Å². The molecule has 4 rings (SSSR count). The number of fused-ring (bicyclic) bond motifs is 3. The summed E-state index contributed by atoms with van der Waals surface area (Å²) >= 11 is 5.38. The number of hydrogen-bond acceptors (Lipinski definition) is 3. The average Bonchev–Trinajstić information content (AvgIpc) is 2.68. The summed E-state index contributed by atoms with van der Waals surface area (Å²) in [7, 11) is 0. The summed E-state index contributed by atoms with van der Waals surface area (Å²) in [4.78, 5) is 14.8. The van der Waals surface area contributed by atoms with Crippen LogP contribution in [0.2, 0.25) is 0 Å². The summed E-state index contributed by atoms with van der Waals surface area (Å²) in [6.45, 7) is 2.19. The van der Waals surface area contributed by atoms with E-state index >= 15 is 0 Å². The molecular formula is C21H23N3OS. The Balaban J connectivity index is 1.38. The van der Waals surface area contributed by atoms with Gasteiger partial charge in [0.15, 0.2) is 5.11 Å². The van der Waals surface area contributed by atoms with E-state index in [4.69, 9.17) is 12.2 Å². The highest BCUT2D eigenvalue weighted by molar-refractivity contribution is 7.80. The molecule has 1 saturated heterocycles. The zero-order chi connectivity index (χ0) is 17.9. The van der Waals surface area contributed by atoms with Crippen LogP contribution in [0.15, 0.2) is 54.6 Å². The predicted molar refractivity (Wildman–Crippen MR) is 107 cm³/mol. The standard InChI is InChI=1S/C21H23N3OS/c25-20(16-7-2-1-3-8-16)23-21(26)22-17-11-13-24-12-10-15-6-4-5-9-18(15)19(24)14-17/h1-9,17,19H,10-14H2,(H2,22,23,25,26). The van der Waals surface area contributed by atoms with E-state index in [1.807, 2.05) is 18.2 Å². The van der Waals surface area contributed by atoms with Gasteiger partial charge in [-0.3, -0.25) is 15.0 Å². The van der Waals surface area contributed by atoms with Gasteiger partial charge in [0.25, 0.3) is 5.91 Å². The van der Waals surface area contributed by atoms with Crippen LogP contribution >= 0.6 is 12.2 Å². The highest BCUT2D eigenvalue weighted by atomic mass is 32.1. The van der Waals surface area contributed by atoms with E-state index in [9.17, 15) is 4.79 Å². The third-order valence-electron chi connectivity index (χ3n) is 5.39. The molecule has 5 heteroatoms. The molecule has 2 aliphatic rings. The van der Waals surface area contributed by atoms with Crippen LogP contribution in [-0.4, -0.2) is 35.1 Å². The van der Waals surface area contributed by atoms with E-state index in [1.54, 1.807) is 12.1 Å². The van der Waals surface area contributed by atoms with Gasteiger partial charge in [0, 0.05) is 30.7 Å². The molecular weight excluding hydrogens is 342 g/mol. The first kappa shape index (κ1) is 17.2. The topological polar surface area (TPSA) is 44.4 Å². The van der Waals surface area contributed by atoms with Crippen LogP contribution in [0, 0.1) is 0 Å². The van der Waals surface area contributed by atoms with E-state index < -0.39 is 0 Å². The number of carbonyl (C=O) groups is 1. The SMILES string of the molecule is O=C(NC(=S)NC1CCN2CCc3ccccc3C2C1)c1ccccc1. The molecule has 0 aliphatic carbocycles. The average molecular weight is 366 g/mol. The summed E-state index contributed by atoms with van der Waals surface area (Å²) in [6.07, 6.45) is 3.19. The van der Waals surface area contributed by atoms with Gasteiger partial charge in [-0.15, -0.1) is 0 Å². The van der Waals surface area contributed by atoms with E-state index in [0.29, 0.717) is 16.7 Å². The van der Waals surface area contributed by atoms with Crippen LogP contribution in [0.1, 0.15) is 40.4 Å². The molecule has 2 aromatic rings. The van der Waals surface area contributed by atoms with Crippen molar-refractivity contribution in [3.8, 4) is 0 Å². The van der Waals surface area contributed by atoms with Gasteiger partial charge in [0.2, 0.25) is 0 Å². The molecule has 2 unspecified atom stereocenters. The van der Waals surface area contributed by atoms with Crippen molar-refractivity contribution < 1.29 is 4.79 Å². The van der Waals surface area contributed by atoms with Crippen molar-refractivity contribution in [1.82, 2.24) is 15.5 Å². The minimum atomic E-state index is -0.163. The van der Waals surface area contributed by atoms with Crippen LogP contribution in [0.3, 0.4) is 0 Å². The summed E-state index contributed by atoms with van der Waals surface area (Å²) < 4.78 is 0. The summed E-state index contributed by atoms with van der Waals surface area (Å²) in [5.74, 6) is -0.163. The van der Waals surface area contributed by atoms with Crippen LogP contribution < -0.4 is 10.6 Å². The van der Waals surface area contributed by atoms with Gasteiger partial charge in [-0.2, -0.15) is 0 Å². The first-order valence-electron chi connectivity index (χ1n) is 9.19. The van der Waals surface area contributed by atoms with Gasteiger partial charge in [-0.25, -0.2) is 0 Å². The van der Waals surface area contributed by atoms with Crippen molar-refractivity contribution >= 4 is 23.2 Å². The maximum atomic E-state index is 12.2. The third-order valence-corrected chi connectivity index (χ3v) is 5.61. The van der Waals surface area contributed by atoms with E-state index in [2.05, 4.69) is 39.8 Å². The third kappa shape index (κ3) is 3.64. The van der Waals surface area contributed by atoms with Crippen molar-refractivity contribution in [1.29, 1.82) is 0 Å². The van der Waals surface area contributed by atoms with Crippen molar-refractivity contribution in [3.05, 3.63) is 71.3 Å². The quantitative estimate of drug-likeness (QED) is 0.803. The van der Waals surface area contributed by atoms with Gasteiger partial charge >= 0.3 is 0 Å². The van der Waals surface area contributed by atoms with Gasteiger partial charge < -0.3 is 5.32 Å². The van der Waals surface area contributed by atoms with Gasteiger partial charge in [-0.05, 0) is 54.7 Å². The van der Waals surface area contributed by atoms with Gasteiger partial charge in [-0.1, -0.05) is 42.5 Å². The molecule has 0 radical (unpaired) electrons. The lowest BCUT2D eigenvalue weighted by molar-refractivity contribution is 0.0974. The second-order valence-corrected chi connectivity index (χ2v) is 7.42. The maximum absolute atomic E-state index is 12.2. The lowest BCUT2D eigenvalue weighted by Gasteiger charge is -2.43. The molecule has 2 aliphatic heterocycles. The number of thiocarbonyl (C=S) groups is 1. The largest absolute Gasteiger partial charge is 0.360 e. The Bertz CT molecular complexity index is 808. The molecule has 1 fully saturated rings. The second-order valence-electron chi connectivity index (χ2n) is 7.02. The lowest BCUT2D eigenvalue weighted by Crippen LogP contribution is -2.51. The van der Waals surface area contributed by atoms with Gasteiger partial charge in [0.05, 0.1) is 0 Å². The number of nitrogens with one attached hydrogen (secondary N) is 2. The summed E-state index contributed by atoms with van der Waals surface area (Å²) in [6, 6.07) is 18.6. The maximum Gasteiger partial charge on any atom is 0.257 e. The second kappa shape index (κ2) is 7.56. The fourth-order valence-corrected chi connectivity index (χ4v) is 4.33. The minimum absolute atomic E-state index is 0.163. The number of amides is 1. The Morgan fingerprint density at radius 3 is 2.65 bits per heavy atom. The van der Waals surface area contributed by atoms with Crippen molar-refractivity contribution in [2.75, 3.05) is 13.1 Å². The fraction of sp³-hybridized carbons (Fsp3) is 0.333.